The molecule has 1 aromatic rings. The fourth-order valence-corrected chi connectivity index (χ4v) is 1.23. The third-order valence-electron chi connectivity index (χ3n) is 2.09. The number of carbonyl (C=O) groups is 1. The summed E-state index contributed by atoms with van der Waals surface area (Å²) in [7, 11) is 1.15. The Labute approximate surface area is 95.4 Å². The van der Waals surface area contributed by atoms with Gasteiger partial charge < -0.3 is 9.47 Å². The van der Waals surface area contributed by atoms with E-state index in [2.05, 4.69) is 14.5 Å². The largest absolute Gasteiger partial charge is 0.469 e. The second-order valence-electron chi connectivity index (χ2n) is 3.17. The molecule has 0 saturated heterocycles. The van der Waals surface area contributed by atoms with Gasteiger partial charge in [-0.3, -0.25) is 4.79 Å². The number of rotatable bonds is 4. The molecule has 0 aliphatic carbocycles. The summed E-state index contributed by atoms with van der Waals surface area (Å²) in [6, 6.07) is 0.947. The molecule has 0 aromatic carbocycles. The number of halogens is 3. The Morgan fingerprint density at radius 2 is 2.12 bits per heavy atom. The maximum Gasteiger partial charge on any atom is 0.388 e. The van der Waals surface area contributed by atoms with Gasteiger partial charge in [0.15, 0.2) is 0 Å². The summed E-state index contributed by atoms with van der Waals surface area (Å²) in [6.45, 7) is -1.68. The molecule has 1 aromatic heterocycles. The van der Waals surface area contributed by atoms with Gasteiger partial charge in [0.1, 0.15) is 5.82 Å². The third-order valence-corrected chi connectivity index (χ3v) is 2.09. The molecular weight excluding hydrogens is 239 g/mol. The minimum absolute atomic E-state index is 0.109. The highest BCUT2D eigenvalue weighted by Crippen LogP contribution is 2.23. The molecule has 1 atom stereocenters. The number of carbonyl (C=O) groups excluding carboxylic acids is 1. The predicted octanol–water partition coefficient (Wildman–Crippen LogP) is 2.10. The van der Waals surface area contributed by atoms with E-state index >= 15 is 0 Å². The number of alkyl halides is 2. The lowest BCUT2D eigenvalue weighted by atomic mass is 10.0. The molecule has 0 spiro atoms. The summed E-state index contributed by atoms with van der Waals surface area (Å²) in [4.78, 5) is 14.5. The summed E-state index contributed by atoms with van der Waals surface area (Å²) < 4.78 is 45.6. The van der Waals surface area contributed by atoms with E-state index in [4.69, 9.17) is 0 Å². The molecule has 0 N–H and O–H groups in total. The van der Waals surface area contributed by atoms with E-state index < -0.39 is 30.2 Å². The highest BCUT2D eigenvalue weighted by molar-refractivity contribution is 5.77. The van der Waals surface area contributed by atoms with Crippen molar-refractivity contribution in [2.75, 3.05) is 7.11 Å². The second kappa shape index (κ2) is 5.51. The first-order valence-corrected chi connectivity index (χ1v) is 4.63. The summed E-state index contributed by atoms with van der Waals surface area (Å²) in [5, 5.41) is 0. The van der Waals surface area contributed by atoms with Gasteiger partial charge in [0.2, 0.25) is 5.88 Å². The molecule has 0 fully saturated rings. The van der Waals surface area contributed by atoms with Crippen molar-refractivity contribution in [1.82, 2.24) is 4.98 Å². The molecule has 0 amide bonds. The van der Waals surface area contributed by atoms with Crippen molar-refractivity contribution in [2.24, 2.45) is 0 Å². The summed E-state index contributed by atoms with van der Waals surface area (Å²) in [6.07, 6.45) is 0.715. The van der Waals surface area contributed by atoms with Crippen LogP contribution in [0.2, 0.25) is 0 Å². The zero-order valence-corrected chi connectivity index (χ0v) is 9.12. The summed E-state index contributed by atoms with van der Waals surface area (Å²) >= 11 is 0. The Morgan fingerprint density at radius 1 is 1.47 bits per heavy atom. The lowest BCUT2D eigenvalue weighted by Gasteiger charge is -2.11. The Bertz CT molecular complexity index is 412. The average molecular weight is 249 g/mol. The number of ether oxygens (including phenoxy) is 2. The van der Waals surface area contributed by atoms with Crippen LogP contribution in [0, 0.1) is 5.82 Å². The lowest BCUT2D eigenvalue weighted by molar-refractivity contribution is -0.142. The number of hydrogen-bond donors (Lipinski definition) is 0. The standard InChI is InChI=1S/C10H10F3NO3/c1-5(9(15)16-2)6-3-8(17-10(12)13)14-4-7(6)11/h3-5,10H,1-2H3. The van der Waals surface area contributed by atoms with Gasteiger partial charge in [-0.05, 0) is 6.92 Å². The van der Waals surface area contributed by atoms with Gasteiger partial charge in [0.25, 0.3) is 0 Å². The maximum atomic E-state index is 13.3. The van der Waals surface area contributed by atoms with Gasteiger partial charge in [-0.25, -0.2) is 9.37 Å². The Morgan fingerprint density at radius 3 is 2.65 bits per heavy atom. The fraction of sp³-hybridized carbons (Fsp3) is 0.400. The van der Waals surface area contributed by atoms with E-state index in [9.17, 15) is 18.0 Å². The zero-order valence-electron chi connectivity index (χ0n) is 9.12. The van der Waals surface area contributed by atoms with Crippen LogP contribution in [-0.4, -0.2) is 24.7 Å². The van der Waals surface area contributed by atoms with Gasteiger partial charge in [-0.1, -0.05) is 0 Å². The molecule has 17 heavy (non-hydrogen) atoms. The van der Waals surface area contributed by atoms with Crippen molar-refractivity contribution >= 4 is 5.97 Å². The SMILES string of the molecule is COC(=O)C(C)c1cc(OC(F)F)ncc1F. The molecule has 1 rings (SSSR count). The van der Waals surface area contributed by atoms with Gasteiger partial charge in [0, 0.05) is 11.6 Å². The number of aromatic nitrogens is 1. The first-order valence-electron chi connectivity index (χ1n) is 4.63. The smallest absolute Gasteiger partial charge is 0.388 e. The Hall–Kier alpha value is -1.79. The molecule has 0 saturated carbocycles. The second-order valence-corrected chi connectivity index (χ2v) is 3.17. The molecule has 0 aliphatic heterocycles. The topological polar surface area (TPSA) is 48.4 Å². The number of methoxy groups -OCH3 is 1. The van der Waals surface area contributed by atoms with Crippen molar-refractivity contribution in [2.45, 2.75) is 19.5 Å². The maximum absolute atomic E-state index is 13.3. The van der Waals surface area contributed by atoms with Crippen LogP contribution in [0.15, 0.2) is 12.3 Å². The number of pyridine rings is 1. The van der Waals surface area contributed by atoms with Crippen LogP contribution in [0.5, 0.6) is 5.88 Å². The van der Waals surface area contributed by atoms with Crippen LogP contribution < -0.4 is 4.74 Å². The van der Waals surface area contributed by atoms with E-state index in [-0.39, 0.29) is 5.56 Å². The van der Waals surface area contributed by atoms with Crippen molar-refractivity contribution in [3.63, 3.8) is 0 Å². The Kier molecular flexibility index (Phi) is 4.30. The van der Waals surface area contributed by atoms with Crippen LogP contribution in [0.3, 0.4) is 0 Å². The van der Waals surface area contributed by atoms with E-state index in [0.29, 0.717) is 6.20 Å². The van der Waals surface area contributed by atoms with E-state index in [1.54, 1.807) is 0 Å². The van der Waals surface area contributed by atoms with Crippen molar-refractivity contribution in [1.29, 1.82) is 0 Å². The highest BCUT2D eigenvalue weighted by Gasteiger charge is 2.21. The van der Waals surface area contributed by atoms with E-state index in [1.165, 1.54) is 6.92 Å². The van der Waals surface area contributed by atoms with Gasteiger partial charge >= 0.3 is 12.6 Å². The minimum atomic E-state index is -3.06. The number of esters is 1. The van der Waals surface area contributed by atoms with Crippen LogP contribution in [0.1, 0.15) is 18.4 Å². The average Bonchev–Trinajstić information content (AvgIpc) is 2.29. The summed E-state index contributed by atoms with van der Waals surface area (Å²) in [5.41, 5.74) is -0.109. The zero-order chi connectivity index (χ0) is 13.0. The van der Waals surface area contributed by atoms with Crippen LogP contribution in [0.25, 0.3) is 0 Å². The van der Waals surface area contributed by atoms with Crippen LogP contribution in [0.4, 0.5) is 13.2 Å². The van der Waals surface area contributed by atoms with Gasteiger partial charge in [-0.2, -0.15) is 8.78 Å². The van der Waals surface area contributed by atoms with Gasteiger partial charge in [0.05, 0.1) is 19.2 Å². The minimum Gasteiger partial charge on any atom is -0.469 e. The third kappa shape index (κ3) is 3.33. The molecule has 94 valence electrons. The highest BCUT2D eigenvalue weighted by atomic mass is 19.3. The van der Waals surface area contributed by atoms with E-state index in [0.717, 1.165) is 13.2 Å². The predicted molar refractivity (Wildman–Crippen MR) is 51.3 cm³/mol. The molecule has 0 radical (unpaired) electrons. The number of nitrogens with zero attached hydrogens (tertiary/aromatic N) is 1. The molecular formula is C10H10F3NO3. The van der Waals surface area contributed by atoms with Crippen LogP contribution >= 0.6 is 0 Å². The van der Waals surface area contributed by atoms with E-state index in [1.807, 2.05) is 0 Å². The van der Waals surface area contributed by atoms with Gasteiger partial charge in [-0.15, -0.1) is 0 Å². The molecule has 0 aliphatic rings. The normalized spacial score (nSPS) is 12.4. The fourth-order valence-electron chi connectivity index (χ4n) is 1.23. The first kappa shape index (κ1) is 13.3. The first-order chi connectivity index (χ1) is 7.95. The molecule has 0 bridgehead atoms. The molecule has 1 heterocycles. The monoisotopic (exact) mass is 249 g/mol. The summed E-state index contributed by atoms with van der Waals surface area (Å²) in [5.74, 6) is -2.85. The Balaban J connectivity index is 3.01. The lowest BCUT2D eigenvalue weighted by Crippen LogP contribution is -2.13. The van der Waals surface area contributed by atoms with Crippen LogP contribution in [-0.2, 0) is 9.53 Å². The molecule has 7 heteroatoms. The number of hydrogen-bond acceptors (Lipinski definition) is 4. The van der Waals surface area contributed by atoms with Crippen molar-refractivity contribution in [3.05, 3.63) is 23.6 Å². The van der Waals surface area contributed by atoms with Crippen molar-refractivity contribution < 1.29 is 27.4 Å². The molecule has 4 nitrogen and oxygen atoms in total. The van der Waals surface area contributed by atoms with Crippen molar-refractivity contribution in [3.8, 4) is 5.88 Å². The quantitative estimate of drug-likeness (QED) is 0.767. The molecule has 1 unspecified atom stereocenters.